The van der Waals surface area contributed by atoms with E-state index in [9.17, 15) is 19.2 Å². The average molecular weight is 809 g/mol. The number of aliphatic hydroxyl groups is 1. The van der Waals surface area contributed by atoms with Crippen molar-refractivity contribution in [3.8, 4) is 0 Å². The van der Waals surface area contributed by atoms with Crippen LogP contribution in [-0.4, -0.2) is 59.3 Å². The lowest BCUT2D eigenvalue weighted by Crippen LogP contribution is -2.47. The Morgan fingerprint density at radius 2 is 1.03 bits per heavy atom. The predicted octanol–water partition coefficient (Wildman–Crippen LogP) is 11.3. The highest BCUT2D eigenvalue weighted by Gasteiger charge is 2.18. The summed E-state index contributed by atoms with van der Waals surface area (Å²) in [5.41, 5.74) is 0. The Labute approximate surface area is 352 Å². The topological polar surface area (TPSA) is 142 Å². The summed E-state index contributed by atoms with van der Waals surface area (Å²) in [5, 5.41) is 22.5. The van der Waals surface area contributed by atoms with E-state index in [-0.39, 0.29) is 30.9 Å². The number of aliphatic hydroxyl groups excluding tert-OH is 1. The number of hydrogen-bond acceptors (Lipinski definition) is 6. The van der Waals surface area contributed by atoms with Gasteiger partial charge in [0.1, 0.15) is 12.1 Å². The number of amides is 2. The van der Waals surface area contributed by atoms with Crippen molar-refractivity contribution in [1.82, 2.24) is 10.6 Å². The summed E-state index contributed by atoms with van der Waals surface area (Å²) in [7, 11) is 0. The third-order valence-electron chi connectivity index (χ3n) is 9.36. The van der Waals surface area contributed by atoms with Crippen molar-refractivity contribution in [3.63, 3.8) is 0 Å². The SMILES string of the molecule is CC/C=C\C/C=C\C/C=C\C/C=C\C/C=C\CCCCCCCCCC(=O)OC(/C=C\C/C=C\CCCCC)CCCCCCC(=O)NCC(=O)NC(CO)C(=O)O. The molecular weight excluding hydrogens is 729 g/mol. The minimum absolute atomic E-state index is 0.142. The molecule has 9 heteroatoms. The van der Waals surface area contributed by atoms with Crippen LogP contribution in [0.15, 0.2) is 85.1 Å². The highest BCUT2D eigenvalue weighted by molar-refractivity contribution is 5.87. The Morgan fingerprint density at radius 3 is 1.59 bits per heavy atom. The number of carbonyl (C=O) groups is 4. The Kier molecular flexibility index (Phi) is 39.7. The van der Waals surface area contributed by atoms with Crippen LogP contribution >= 0.6 is 0 Å². The molecule has 2 amide bonds. The summed E-state index contributed by atoms with van der Waals surface area (Å²) >= 11 is 0. The highest BCUT2D eigenvalue weighted by atomic mass is 16.5. The molecule has 0 aliphatic heterocycles. The number of carbonyl (C=O) groups excluding carboxylic acids is 3. The van der Waals surface area contributed by atoms with E-state index in [0.717, 1.165) is 96.3 Å². The monoisotopic (exact) mass is 809 g/mol. The van der Waals surface area contributed by atoms with E-state index in [2.05, 4.69) is 103 Å². The number of unbranched alkanes of at least 4 members (excludes halogenated alkanes) is 13. The smallest absolute Gasteiger partial charge is 0.328 e. The van der Waals surface area contributed by atoms with E-state index in [4.69, 9.17) is 14.9 Å². The van der Waals surface area contributed by atoms with E-state index in [0.29, 0.717) is 12.8 Å². The molecule has 2 atom stereocenters. The van der Waals surface area contributed by atoms with Gasteiger partial charge in [0, 0.05) is 12.8 Å². The van der Waals surface area contributed by atoms with E-state index in [1.807, 2.05) is 6.08 Å². The summed E-state index contributed by atoms with van der Waals surface area (Å²) in [6, 6.07) is -1.40. The number of esters is 1. The molecule has 0 saturated heterocycles. The Morgan fingerprint density at radius 1 is 0.552 bits per heavy atom. The van der Waals surface area contributed by atoms with Crippen molar-refractivity contribution in [2.45, 2.75) is 187 Å². The van der Waals surface area contributed by atoms with Crippen LogP contribution in [0.3, 0.4) is 0 Å². The third-order valence-corrected chi connectivity index (χ3v) is 9.36. The molecule has 58 heavy (non-hydrogen) atoms. The van der Waals surface area contributed by atoms with Gasteiger partial charge in [0.15, 0.2) is 0 Å². The van der Waals surface area contributed by atoms with Gasteiger partial charge >= 0.3 is 11.9 Å². The molecule has 9 nitrogen and oxygen atoms in total. The molecule has 0 fully saturated rings. The van der Waals surface area contributed by atoms with Crippen LogP contribution in [0.2, 0.25) is 0 Å². The molecule has 328 valence electrons. The van der Waals surface area contributed by atoms with Gasteiger partial charge in [-0.05, 0) is 96.0 Å². The molecule has 0 aliphatic rings. The number of carboxylic acid groups (broad SMARTS) is 1. The highest BCUT2D eigenvalue weighted by Crippen LogP contribution is 2.15. The first-order valence-corrected chi connectivity index (χ1v) is 22.5. The number of aliphatic carboxylic acids is 1. The van der Waals surface area contributed by atoms with Gasteiger partial charge < -0.3 is 25.6 Å². The summed E-state index contributed by atoms with van der Waals surface area (Å²) in [5.74, 6) is -2.45. The third kappa shape index (κ3) is 38.9. The number of nitrogens with one attached hydrogen (secondary N) is 2. The molecule has 0 aromatic heterocycles. The quantitative estimate of drug-likeness (QED) is 0.0275. The molecule has 0 aromatic rings. The maximum absolute atomic E-state index is 12.7. The molecule has 0 saturated carbocycles. The normalized spacial score (nSPS) is 13.3. The van der Waals surface area contributed by atoms with Crippen LogP contribution in [0.1, 0.15) is 174 Å². The molecule has 0 aliphatic carbocycles. The molecule has 0 bridgehead atoms. The lowest BCUT2D eigenvalue weighted by molar-refractivity contribution is -0.147. The van der Waals surface area contributed by atoms with Crippen molar-refractivity contribution in [2.24, 2.45) is 0 Å². The van der Waals surface area contributed by atoms with Gasteiger partial charge in [-0.15, -0.1) is 0 Å². The lowest BCUT2D eigenvalue weighted by atomic mass is 10.1. The van der Waals surface area contributed by atoms with Gasteiger partial charge in [-0.3, -0.25) is 14.4 Å². The van der Waals surface area contributed by atoms with E-state index < -0.39 is 24.5 Å². The van der Waals surface area contributed by atoms with E-state index in [1.165, 1.54) is 44.9 Å². The average Bonchev–Trinajstić information content (AvgIpc) is 3.21. The fourth-order valence-electron chi connectivity index (χ4n) is 5.92. The first-order valence-electron chi connectivity index (χ1n) is 22.5. The Bertz CT molecular complexity index is 1250. The summed E-state index contributed by atoms with van der Waals surface area (Å²) < 4.78 is 5.89. The van der Waals surface area contributed by atoms with Gasteiger partial charge in [-0.2, -0.15) is 0 Å². The molecule has 0 radical (unpaired) electrons. The van der Waals surface area contributed by atoms with Gasteiger partial charge in [0.2, 0.25) is 11.8 Å². The zero-order chi connectivity index (χ0) is 42.6. The molecule has 0 heterocycles. The molecule has 2 unspecified atom stereocenters. The summed E-state index contributed by atoms with van der Waals surface area (Å²) in [6.07, 6.45) is 54.9. The van der Waals surface area contributed by atoms with Crippen LogP contribution in [0.5, 0.6) is 0 Å². The summed E-state index contributed by atoms with van der Waals surface area (Å²) in [6.45, 7) is 3.29. The number of hydrogen-bond donors (Lipinski definition) is 4. The van der Waals surface area contributed by atoms with Crippen LogP contribution in [0, 0.1) is 0 Å². The largest absolute Gasteiger partial charge is 0.480 e. The van der Waals surface area contributed by atoms with Crippen LogP contribution in [0.4, 0.5) is 0 Å². The maximum Gasteiger partial charge on any atom is 0.328 e. The van der Waals surface area contributed by atoms with Gasteiger partial charge in [-0.25, -0.2) is 4.79 Å². The van der Waals surface area contributed by atoms with Crippen molar-refractivity contribution >= 4 is 23.8 Å². The van der Waals surface area contributed by atoms with Gasteiger partial charge in [-0.1, -0.05) is 151 Å². The van der Waals surface area contributed by atoms with Crippen LogP contribution < -0.4 is 10.6 Å². The van der Waals surface area contributed by atoms with Gasteiger partial charge in [0.25, 0.3) is 0 Å². The molecular formula is C49H80N2O7. The van der Waals surface area contributed by atoms with Crippen molar-refractivity contribution < 1.29 is 34.1 Å². The minimum atomic E-state index is -1.40. The minimum Gasteiger partial charge on any atom is -0.480 e. The Balaban J connectivity index is 4.24. The first-order chi connectivity index (χ1) is 28.3. The zero-order valence-corrected chi connectivity index (χ0v) is 36.3. The van der Waals surface area contributed by atoms with Crippen molar-refractivity contribution in [3.05, 3.63) is 85.1 Å². The second-order valence-corrected chi connectivity index (χ2v) is 14.8. The number of rotatable bonds is 39. The zero-order valence-electron chi connectivity index (χ0n) is 36.3. The van der Waals surface area contributed by atoms with E-state index >= 15 is 0 Å². The maximum atomic E-state index is 12.7. The Hall–Kier alpha value is -3.98. The first kappa shape index (κ1) is 54.0. The predicted molar refractivity (Wildman–Crippen MR) is 240 cm³/mol. The van der Waals surface area contributed by atoms with Crippen molar-refractivity contribution in [1.29, 1.82) is 0 Å². The molecule has 4 N–H and O–H groups in total. The summed E-state index contributed by atoms with van der Waals surface area (Å²) in [4.78, 5) is 47.6. The molecule has 0 spiro atoms. The van der Waals surface area contributed by atoms with Crippen LogP contribution in [0.25, 0.3) is 0 Å². The number of carboxylic acids is 1. The standard InChI is InChI=1S/C49H80N2O7/c1-3-5-7-9-11-13-14-15-16-17-18-19-20-21-22-23-24-25-26-27-29-31-37-41-48(55)58-44(38-34-30-28-12-10-8-6-4-2)39-35-32-33-36-40-46(53)50-42-47(54)51-45(43-52)49(56)57/h5,7,11-13,15-16,18-19,21-22,28,34,38,44-45,52H,3-4,6,8-10,14,17,20,23-27,29-33,35-37,39-43H2,1-2H3,(H,50,53)(H,51,54)(H,56,57)/b7-5-,13-11-,16-15-,19-18-,22-21-,28-12-,38-34-. The van der Waals surface area contributed by atoms with Crippen molar-refractivity contribution in [2.75, 3.05) is 13.2 Å². The molecule has 0 rings (SSSR count). The molecule has 0 aromatic carbocycles. The fraction of sp³-hybridized carbons (Fsp3) is 0.633. The number of allylic oxidation sites excluding steroid dienone is 13. The lowest BCUT2D eigenvalue weighted by Gasteiger charge is -2.15. The van der Waals surface area contributed by atoms with Gasteiger partial charge in [0.05, 0.1) is 13.2 Å². The van der Waals surface area contributed by atoms with Crippen LogP contribution in [-0.2, 0) is 23.9 Å². The fourth-order valence-corrected chi connectivity index (χ4v) is 5.92. The second kappa shape index (κ2) is 42.6. The van der Waals surface area contributed by atoms with E-state index in [1.54, 1.807) is 0 Å². The second-order valence-electron chi connectivity index (χ2n) is 14.8. The number of ether oxygens (including phenoxy) is 1.